The lowest BCUT2D eigenvalue weighted by molar-refractivity contribution is 0.276. The second kappa shape index (κ2) is 6.67. The number of rotatable bonds is 4. The predicted molar refractivity (Wildman–Crippen MR) is 63.6 cm³/mol. The molecule has 3 nitrogen and oxygen atoms in total. The summed E-state index contributed by atoms with van der Waals surface area (Å²) in [5.41, 5.74) is 8.07. The van der Waals surface area contributed by atoms with E-state index in [9.17, 15) is 0 Å². The average molecular weight is 232 g/mol. The van der Waals surface area contributed by atoms with E-state index in [0.717, 1.165) is 16.9 Å². The molecule has 1 aromatic rings. The van der Waals surface area contributed by atoms with Gasteiger partial charge in [0.15, 0.2) is 0 Å². The number of aryl methyl sites for hydroxylation is 1. The van der Waals surface area contributed by atoms with Crippen molar-refractivity contribution in [3.8, 4) is 5.75 Å². The van der Waals surface area contributed by atoms with Crippen molar-refractivity contribution in [3.63, 3.8) is 0 Å². The summed E-state index contributed by atoms with van der Waals surface area (Å²) in [6.45, 7) is 2.11. The third-order valence-corrected chi connectivity index (χ3v) is 2.32. The highest BCUT2D eigenvalue weighted by Crippen LogP contribution is 2.22. The summed E-state index contributed by atoms with van der Waals surface area (Å²) in [5, 5.41) is 8.78. The summed E-state index contributed by atoms with van der Waals surface area (Å²) in [4.78, 5) is 0. The molecule has 1 unspecified atom stereocenters. The Morgan fingerprint density at radius 1 is 1.47 bits per heavy atom. The van der Waals surface area contributed by atoms with Crippen LogP contribution in [0, 0.1) is 6.92 Å². The number of aliphatic hydroxyl groups excluding tert-OH is 1. The topological polar surface area (TPSA) is 55.5 Å². The van der Waals surface area contributed by atoms with Gasteiger partial charge in [0, 0.05) is 12.6 Å². The Balaban J connectivity index is 0.00000196. The summed E-state index contributed by atoms with van der Waals surface area (Å²) >= 11 is 0. The lowest BCUT2D eigenvalue weighted by Crippen LogP contribution is -2.13. The van der Waals surface area contributed by atoms with Crippen LogP contribution in [0.25, 0.3) is 0 Å². The van der Waals surface area contributed by atoms with E-state index < -0.39 is 0 Å². The van der Waals surface area contributed by atoms with Crippen LogP contribution in [-0.4, -0.2) is 18.8 Å². The summed E-state index contributed by atoms with van der Waals surface area (Å²) < 4.78 is 5.10. The van der Waals surface area contributed by atoms with E-state index in [2.05, 4.69) is 0 Å². The van der Waals surface area contributed by atoms with E-state index in [1.54, 1.807) is 7.11 Å². The van der Waals surface area contributed by atoms with Crippen molar-refractivity contribution < 1.29 is 9.84 Å². The number of benzene rings is 1. The Morgan fingerprint density at radius 3 is 2.60 bits per heavy atom. The van der Waals surface area contributed by atoms with E-state index in [1.807, 2.05) is 25.1 Å². The van der Waals surface area contributed by atoms with Crippen LogP contribution in [0.1, 0.15) is 23.6 Å². The molecule has 4 heteroatoms. The molecule has 86 valence electrons. The third kappa shape index (κ3) is 3.70. The molecule has 0 aliphatic rings. The molecule has 0 aromatic heterocycles. The van der Waals surface area contributed by atoms with Gasteiger partial charge in [0.2, 0.25) is 0 Å². The molecule has 0 aliphatic heterocycles. The van der Waals surface area contributed by atoms with Crippen LogP contribution >= 0.6 is 12.4 Å². The SMILES string of the molecule is COc1ccc(C(N)CCO)c(C)c1.Cl. The van der Waals surface area contributed by atoms with Crippen molar-refractivity contribution in [1.82, 2.24) is 0 Å². The minimum atomic E-state index is -0.0918. The fraction of sp³-hybridized carbons (Fsp3) is 0.455. The minimum absolute atomic E-state index is 0. The normalized spacial score (nSPS) is 11.7. The molecule has 0 saturated heterocycles. The molecule has 0 saturated carbocycles. The largest absolute Gasteiger partial charge is 0.497 e. The lowest BCUT2D eigenvalue weighted by Gasteiger charge is -2.14. The first-order valence-corrected chi connectivity index (χ1v) is 4.70. The van der Waals surface area contributed by atoms with Gasteiger partial charge in [-0.1, -0.05) is 6.07 Å². The number of halogens is 1. The van der Waals surface area contributed by atoms with Gasteiger partial charge in [-0.25, -0.2) is 0 Å². The van der Waals surface area contributed by atoms with Crippen LogP contribution in [0.3, 0.4) is 0 Å². The monoisotopic (exact) mass is 231 g/mol. The molecule has 0 aliphatic carbocycles. The Hall–Kier alpha value is -0.770. The Labute approximate surface area is 96.7 Å². The standard InChI is InChI=1S/C11H17NO2.ClH/c1-8-7-9(14-2)3-4-10(8)11(12)5-6-13;/h3-4,7,11,13H,5-6,12H2,1-2H3;1H. The maximum Gasteiger partial charge on any atom is 0.119 e. The van der Waals surface area contributed by atoms with Crippen molar-refractivity contribution >= 4 is 12.4 Å². The quantitative estimate of drug-likeness (QED) is 0.831. The zero-order chi connectivity index (χ0) is 10.6. The predicted octanol–water partition coefficient (Wildman–Crippen LogP) is 1.81. The third-order valence-electron chi connectivity index (χ3n) is 2.32. The molecule has 0 heterocycles. The fourth-order valence-corrected chi connectivity index (χ4v) is 1.49. The zero-order valence-electron chi connectivity index (χ0n) is 9.06. The van der Waals surface area contributed by atoms with Gasteiger partial charge in [-0.15, -0.1) is 12.4 Å². The van der Waals surface area contributed by atoms with E-state index in [4.69, 9.17) is 15.6 Å². The molecule has 0 radical (unpaired) electrons. The van der Waals surface area contributed by atoms with Gasteiger partial charge in [-0.05, 0) is 36.6 Å². The number of methoxy groups -OCH3 is 1. The van der Waals surface area contributed by atoms with E-state index in [0.29, 0.717) is 6.42 Å². The molecule has 15 heavy (non-hydrogen) atoms. The van der Waals surface area contributed by atoms with Crippen LogP contribution in [0.4, 0.5) is 0 Å². The molecule has 0 spiro atoms. The van der Waals surface area contributed by atoms with Gasteiger partial charge in [0.05, 0.1) is 7.11 Å². The number of aliphatic hydroxyl groups is 1. The molecule has 0 fully saturated rings. The van der Waals surface area contributed by atoms with Crippen molar-refractivity contribution in [1.29, 1.82) is 0 Å². The van der Waals surface area contributed by atoms with Gasteiger partial charge in [-0.2, -0.15) is 0 Å². The van der Waals surface area contributed by atoms with E-state index >= 15 is 0 Å². The summed E-state index contributed by atoms with van der Waals surface area (Å²) in [5.74, 6) is 0.836. The Morgan fingerprint density at radius 2 is 2.13 bits per heavy atom. The molecular formula is C11H18ClNO2. The smallest absolute Gasteiger partial charge is 0.119 e. The van der Waals surface area contributed by atoms with Gasteiger partial charge < -0.3 is 15.6 Å². The average Bonchev–Trinajstić information content (AvgIpc) is 2.17. The highest BCUT2D eigenvalue weighted by Gasteiger charge is 2.08. The van der Waals surface area contributed by atoms with Gasteiger partial charge in [0.25, 0.3) is 0 Å². The molecule has 1 aromatic carbocycles. The van der Waals surface area contributed by atoms with Crippen LogP contribution in [0.15, 0.2) is 18.2 Å². The molecule has 1 atom stereocenters. The van der Waals surface area contributed by atoms with Crippen LogP contribution in [-0.2, 0) is 0 Å². The van der Waals surface area contributed by atoms with Crippen molar-refractivity contribution in [2.45, 2.75) is 19.4 Å². The maximum absolute atomic E-state index is 8.78. The molecule has 0 bridgehead atoms. The molecular weight excluding hydrogens is 214 g/mol. The second-order valence-corrected chi connectivity index (χ2v) is 3.34. The minimum Gasteiger partial charge on any atom is -0.497 e. The van der Waals surface area contributed by atoms with Crippen molar-refractivity contribution in [2.24, 2.45) is 5.73 Å². The Kier molecular flexibility index (Phi) is 6.32. The van der Waals surface area contributed by atoms with Gasteiger partial charge >= 0.3 is 0 Å². The highest BCUT2D eigenvalue weighted by molar-refractivity contribution is 5.85. The van der Waals surface area contributed by atoms with E-state index in [1.165, 1.54) is 0 Å². The maximum atomic E-state index is 8.78. The van der Waals surface area contributed by atoms with Gasteiger partial charge in [0.1, 0.15) is 5.75 Å². The van der Waals surface area contributed by atoms with Crippen molar-refractivity contribution in [3.05, 3.63) is 29.3 Å². The first kappa shape index (κ1) is 14.2. The lowest BCUT2D eigenvalue weighted by atomic mass is 9.99. The van der Waals surface area contributed by atoms with Gasteiger partial charge in [-0.3, -0.25) is 0 Å². The molecule has 1 rings (SSSR count). The molecule has 3 N–H and O–H groups in total. The number of nitrogens with two attached hydrogens (primary N) is 1. The zero-order valence-corrected chi connectivity index (χ0v) is 9.88. The number of hydrogen-bond donors (Lipinski definition) is 2. The summed E-state index contributed by atoms with van der Waals surface area (Å²) in [6, 6.07) is 5.70. The van der Waals surface area contributed by atoms with E-state index in [-0.39, 0.29) is 25.1 Å². The fourth-order valence-electron chi connectivity index (χ4n) is 1.49. The van der Waals surface area contributed by atoms with Crippen LogP contribution < -0.4 is 10.5 Å². The van der Waals surface area contributed by atoms with Crippen LogP contribution in [0.2, 0.25) is 0 Å². The second-order valence-electron chi connectivity index (χ2n) is 3.34. The van der Waals surface area contributed by atoms with Crippen LogP contribution in [0.5, 0.6) is 5.75 Å². The highest BCUT2D eigenvalue weighted by atomic mass is 35.5. The summed E-state index contributed by atoms with van der Waals surface area (Å²) in [6.07, 6.45) is 0.590. The first-order valence-electron chi connectivity index (χ1n) is 4.70. The first-order chi connectivity index (χ1) is 6.69. The van der Waals surface area contributed by atoms with Crippen molar-refractivity contribution in [2.75, 3.05) is 13.7 Å². The Bertz CT molecular complexity index is 305. The molecule has 0 amide bonds. The number of ether oxygens (including phenoxy) is 1. The summed E-state index contributed by atoms with van der Waals surface area (Å²) in [7, 11) is 1.64. The number of hydrogen-bond acceptors (Lipinski definition) is 3.